The van der Waals surface area contributed by atoms with Gasteiger partial charge in [0, 0.05) is 11.1 Å². The molecule has 1 saturated heterocycles. The highest BCUT2D eigenvalue weighted by atomic mass is 19.2. The Hall–Kier alpha value is -1.03. The Labute approximate surface area is 105 Å². The normalized spacial score (nSPS) is 24.9. The highest BCUT2D eigenvalue weighted by Crippen LogP contribution is 2.35. The van der Waals surface area contributed by atoms with Gasteiger partial charge in [0.25, 0.3) is 0 Å². The second-order valence-corrected chi connectivity index (χ2v) is 4.90. The van der Waals surface area contributed by atoms with E-state index >= 15 is 0 Å². The third-order valence-corrected chi connectivity index (χ3v) is 3.90. The van der Waals surface area contributed by atoms with Gasteiger partial charge in [-0.25, -0.2) is 13.2 Å². The third kappa shape index (κ3) is 2.26. The van der Waals surface area contributed by atoms with Crippen molar-refractivity contribution in [3.05, 3.63) is 35.1 Å². The summed E-state index contributed by atoms with van der Waals surface area (Å²) in [5, 5.41) is 3.32. The molecule has 1 nitrogen and oxygen atoms in total. The molecule has 0 saturated carbocycles. The lowest BCUT2D eigenvalue weighted by Crippen LogP contribution is -2.42. The van der Waals surface area contributed by atoms with Gasteiger partial charge in [-0.1, -0.05) is 25.8 Å². The molecule has 1 aliphatic heterocycles. The van der Waals surface area contributed by atoms with Crippen LogP contribution in [0.1, 0.15) is 44.6 Å². The van der Waals surface area contributed by atoms with Gasteiger partial charge < -0.3 is 5.32 Å². The number of halogens is 3. The molecule has 18 heavy (non-hydrogen) atoms. The Morgan fingerprint density at radius 3 is 2.61 bits per heavy atom. The number of nitrogens with one attached hydrogen (secondary N) is 1. The van der Waals surface area contributed by atoms with Crippen LogP contribution in [-0.2, 0) is 5.54 Å². The van der Waals surface area contributed by atoms with Crippen LogP contribution < -0.4 is 5.32 Å². The summed E-state index contributed by atoms with van der Waals surface area (Å²) in [5.41, 5.74) is -0.305. The summed E-state index contributed by atoms with van der Waals surface area (Å²) in [4.78, 5) is 0. The van der Waals surface area contributed by atoms with E-state index in [1.54, 1.807) is 0 Å². The van der Waals surface area contributed by atoms with E-state index < -0.39 is 23.0 Å². The van der Waals surface area contributed by atoms with Crippen LogP contribution in [-0.4, -0.2) is 6.54 Å². The molecule has 0 radical (unpaired) electrons. The second-order valence-electron chi connectivity index (χ2n) is 4.90. The van der Waals surface area contributed by atoms with Crippen molar-refractivity contribution in [3.8, 4) is 0 Å². The summed E-state index contributed by atoms with van der Waals surface area (Å²) < 4.78 is 40.3. The van der Waals surface area contributed by atoms with Crippen molar-refractivity contribution in [1.82, 2.24) is 5.32 Å². The van der Waals surface area contributed by atoms with Gasteiger partial charge in [0.1, 0.15) is 0 Å². The zero-order valence-electron chi connectivity index (χ0n) is 10.5. The van der Waals surface area contributed by atoms with Gasteiger partial charge in [-0.05, 0) is 31.9 Å². The van der Waals surface area contributed by atoms with Crippen molar-refractivity contribution >= 4 is 0 Å². The fraction of sp³-hybridized carbons (Fsp3) is 0.571. The first-order valence-corrected chi connectivity index (χ1v) is 6.50. The molecule has 1 aromatic rings. The molecule has 1 unspecified atom stereocenters. The van der Waals surface area contributed by atoms with E-state index in [-0.39, 0.29) is 5.56 Å². The van der Waals surface area contributed by atoms with Gasteiger partial charge in [-0.15, -0.1) is 0 Å². The predicted octanol–water partition coefficient (Wildman–Crippen LogP) is 3.87. The molecule has 0 aliphatic carbocycles. The molecule has 0 amide bonds. The van der Waals surface area contributed by atoms with Crippen molar-refractivity contribution in [3.63, 3.8) is 0 Å². The van der Waals surface area contributed by atoms with Gasteiger partial charge in [-0.3, -0.25) is 0 Å². The standard InChI is InChI=1S/C14H18F3N/c1-2-14(8-4-3-5-9-18-14)10-6-7-11(15)13(17)12(10)16/h6-7,18H,2-5,8-9H2,1H3. The van der Waals surface area contributed by atoms with Gasteiger partial charge in [0.2, 0.25) is 0 Å². The van der Waals surface area contributed by atoms with Crippen LogP contribution in [0.4, 0.5) is 13.2 Å². The number of rotatable bonds is 2. The molecule has 100 valence electrons. The lowest BCUT2D eigenvalue weighted by molar-refractivity contribution is 0.293. The molecule has 1 aliphatic rings. The first-order chi connectivity index (χ1) is 8.60. The lowest BCUT2D eigenvalue weighted by Gasteiger charge is -2.33. The minimum atomic E-state index is -1.37. The van der Waals surface area contributed by atoms with E-state index in [9.17, 15) is 13.2 Å². The fourth-order valence-corrected chi connectivity index (χ4v) is 2.76. The molecule has 1 atom stereocenters. The lowest BCUT2D eigenvalue weighted by atomic mass is 9.83. The van der Waals surface area contributed by atoms with Crippen LogP contribution in [0.2, 0.25) is 0 Å². The van der Waals surface area contributed by atoms with Crippen LogP contribution >= 0.6 is 0 Å². The zero-order chi connectivity index (χ0) is 13.2. The van der Waals surface area contributed by atoms with Gasteiger partial charge >= 0.3 is 0 Å². The maximum atomic E-state index is 14.0. The zero-order valence-corrected chi connectivity index (χ0v) is 10.5. The molecule has 0 bridgehead atoms. The van der Waals surface area contributed by atoms with E-state index in [1.807, 2.05) is 6.92 Å². The summed E-state index contributed by atoms with van der Waals surface area (Å²) in [5.74, 6) is -3.55. The van der Waals surface area contributed by atoms with Gasteiger partial charge in [0.05, 0.1) is 0 Å². The number of hydrogen-bond donors (Lipinski definition) is 1. The van der Waals surface area contributed by atoms with Gasteiger partial charge in [-0.2, -0.15) is 0 Å². The molecule has 0 spiro atoms. The maximum Gasteiger partial charge on any atom is 0.194 e. The van der Waals surface area contributed by atoms with Crippen LogP contribution in [0.25, 0.3) is 0 Å². The first-order valence-electron chi connectivity index (χ1n) is 6.50. The van der Waals surface area contributed by atoms with Crippen molar-refractivity contribution in [2.24, 2.45) is 0 Å². The molecule has 2 rings (SSSR count). The van der Waals surface area contributed by atoms with Crippen molar-refractivity contribution in [2.45, 2.75) is 44.6 Å². The molecular formula is C14H18F3N. The molecule has 0 aromatic heterocycles. The molecule has 1 fully saturated rings. The van der Waals surface area contributed by atoms with E-state index in [4.69, 9.17) is 0 Å². The first kappa shape index (κ1) is 13.4. The summed E-state index contributed by atoms with van der Waals surface area (Å²) in [6.07, 6.45) is 4.51. The topological polar surface area (TPSA) is 12.0 Å². The molecular weight excluding hydrogens is 239 g/mol. The van der Waals surface area contributed by atoms with E-state index in [2.05, 4.69) is 5.32 Å². The monoisotopic (exact) mass is 257 g/mol. The molecule has 1 aromatic carbocycles. The van der Waals surface area contributed by atoms with Crippen molar-refractivity contribution in [2.75, 3.05) is 6.54 Å². The molecule has 1 N–H and O–H groups in total. The second kappa shape index (κ2) is 5.31. The third-order valence-electron chi connectivity index (χ3n) is 3.90. The Balaban J connectivity index is 2.46. The highest BCUT2D eigenvalue weighted by molar-refractivity contribution is 5.28. The Bertz CT molecular complexity index is 423. The van der Waals surface area contributed by atoms with E-state index in [1.165, 1.54) is 6.07 Å². The number of benzene rings is 1. The summed E-state index contributed by atoms with van der Waals surface area (Å²) >= 11 is 0. The van der Waals surface area contributed by atoms with E-state index in [0.717, 1.165) is 38.3 Å². The fourth-order valence-electron chi connectivity index (χ4n) is 2.76. The van der Waals surface area contributed by atoms with E-state index in [0.29, 0.717) is 6.42 Å². The van der Waals surface area contributed by atoms with Gasteiger partial charge in [0.15, 0.2) is 17.5 Å². The van der Waals surface area contributed by atoms with Crippen LogP contribution in [0, 0.1) is 17.5 Å². The number of hydrogen-bond acceptors (Lipinski definition) is 1. The Morgan fingerprint density at radius 1 is 1.11 bits per heavy atom. The summed E-state index contributed by atoms with van der Waals surface area (Å²) in [7, 11) is 0. The van der Waals surface area contributed by atoms with Crippen molar-refractivity contribution in [1.29, 1.82) is 0 Å². The summed E-state index contributed by atoms with van der Waals surface area (Å²) in [6, 6.07) is 2.38. The Kier molecular flexibility index (Phi) is 3.95. The van der Waals surface area contributed by atoms with Crippen molar-refractivity contribution < 1.29 is 13.2 Å². The molecule has 1 heterocycles. The maximum absolute atomic E-state index is 14.0. The average molecular weight is 257 g/mol. The SMILES string of the molecule is CCC1(c2ccc(F)c(F)c2F)CCCCCN1. The van der Waals surface area contributed by atoms with Crippen LogP contribution in [0.15, 0.2) is 12.1 Å². The summed E-state index contributed by atoms with van der Waals surface area (Å²) in [6.45, 7) is 2.73. The molecule has 4 heteroatoms. The smallest absolute Gasteiger partial charge is 0.194 e. The largest absolute Gasteiger partial charge is 0.307 e. The minimum absolute atomic E-state index is 0.255. The van der Waals surface area contributed by atoms with Crippen LogP contribution in [0.3, 0.4) is 0 Å². The highest BCUT2D eigenvalue weighted by Gasteiger charge is 2.34. The quantitative estimate of drug-likeness (QED) is 0.793. The Morgan fingerprint density at radius 2 is 1.89 bits per heavy atom. The predicted molar refractivity (Wildman–Crippen MR) is 64.8 cm³/mol. The minimum Gasteiger partial charge on any atom is -0.307 e. The average Bonchev–Trinajstić information content (AvgIpc) is 2.62. The van der Waals surface area contributed by atoms with Crippen LogP contribution in [0.5, 0.6) is 0 Å².